The van der Waals surface area contributed by atoms with Gasteiger partial charge in [0.05, 0.1) is 12.7 Å². The van der Waals surface area contributed by atoms with Gasteiger partial charge in [0.2, 0.25) is 0 Å². The average Bonchev–Trinajstić information content (AvgIpc) is 2.37. The number of amides is 1. The Morgan fingerprint density at radius 3 is 2.65 bits per heavy atom. The fraction of sp³-hybridized carbons (Fsp3) is 0.200. The van der Waals surface area contributed by atoms with E-state index in [1.807, 2.05) is 0 Å². The van der Waals surface area contributed by atoms with Crippen molar-refractivity contribution in [2.24, 2.45) is 0 Å². The van der Waals surface area contributed by atoms with Crippen molar-refractivity contribution in [2.75, 3.05) is 12.4 Å². The molecule has 1 amide bonds. The predicted molar refractivity (Wildman–Crippen MR) is 75.4 cm³/mol. The molecular weight excluding hydrogens is 258 g/mol. The Bertz CT molecular complexity index is 677. The van der Waals surface area contributed by atoms with Crippen LogP contribution >= 0.6 is 0 Å². The highest BCUT2D eigenvalue weighted by Crippen LogP contribution is 2.19. The van der Waals surface area contributed by atoms with Crippen LogP contribution in [0.3, 0.4) is 0 Å². The molecule has 1 aromatic carbocycles. The van der Waals surface area contributed by atoms with Gasteiger partial charge in [-0.1, -0.05) is 6.07 Å². The zero-order valence-corrected chi connectivity index (χ0v) is 11.5. The van der Waals surface area contributed by atoms with Crippen LogP contribution < -0.4 is 15.7 Å². The number of anilines is 1. The number of carbonyl (C=O) groups excluding carboxylic acids is 1. The van der Waals surface area contributed by atoms with Crippen LogP contribution in [0.1, 0.15) is 21.7 Å². The molecule has 1 heterocycles. The van der Waals surface area contributed by atoms with E-state index in [4.69, 9.17) is 9.15 Å². The molecule has 2 aromatic rings. The maximum atomic E-state index is 12.3. The lowest BCUT2D eigenvalue weighted by Gasteiger charge is -2.10. The number of ether oxygens (including phenoxy) is 1. The largest absolute Gasteiger partial charge is 0.497 e. The molecule has 0 saturated heterocycles. The minimum Gasteiger partial charge on any atom is -0.497 e. The molecule has 104 valence electrons. The Hall–Kier alpha value is -2.56. The number of hydrogen-bond acceptors (Lipinski definition) is 4. The van der Waals surface area contributed by atoms with Crippen LogP contribution in [0, 0.1) is 13.8 Å². The van der Waals surface area contributed by atoms with Crippen LogP contribution in [-0.4, -0.2) is 13.0 Å². The minimum atomic E-state index is -0.460. The summed E-state index contributed by atoms with van der Waals surface area (Å²) in [6, 6.07) is 8.33. The average molecular weight is 273 g/mol. The fourth-order valence-corrected chi connectivity index (χ4v) is 1.99. The van der Waals surface area contributed by atoms with Crippen molar-refractivity contribution in [3.8, 4) is 5.75 Å². The maximum Gasteiger partial charge on any atom is 0.336 e. The highest BCUT2D eigenvalue weighted by Gasteiger charge is 2.15. The monoisotopic (exact) mass is 273 g/mol. The van der Waals surface area contributed by atoms with Crippen molar-refractivity contribution in [1.29, 1.82) is 0 Å². The Balaban J connectivity index is 2.31. The van der Waals surface area contributed by atoms with Gasteiger partial charge in [0, 0.05) is 17.8 Å². The topological polar surface area (TPSA) is 68.5 Å². The van der Waals surface area contributed by atoms with Crippen molar-refractivity contribution >= 4 is 11.6 Å². The van der Waals surface area contributed by atoms with Gasteiger partial charge in [0.15, 0.2) is 0 Å². The lowest BCUT2D eigenvalue weighted by atomic mass is 10.1. The van der Waals surface area contributed by atoms with E-state index in [9.17, 15) is 9.59 Å². The predicted octanol–water partition coefficient (Wildman–Crippen LogP) is 2.52. The summed E-state index contributed by atoms with van der Waals surface area (Å²) in [7, 11) is 1.56. The van der Waals surface area contributed by atoms with E-state index in [0.29, 0.717) is 28.3 Å². The Morgan fingerprint density at radius 2 is 2.00 bits per heavy atom. The van der Waals surface area contributed by atoms with E-state index in [1.54, 1.807) is 45.2 Å². The molecule has 2 rings (SSSR count). The highest BCUT2D eigenvalue weighted by atomic mass is 16.5. The summed E-state index contributed by atoms with van der Waals surface area (Å²) in [4.78, 5) is 23.5. The molecule has 0 fully saturated rings. The van der Waals surface area contributed by atoms with E-state index in [2.05, 4.69) is 5.32 Å². The molecule has 0 saturated carbocycles. The molecule has 1 N–H and O–H groups in total. The molecule has 0 spiro atoms. The van der Waals surface area contributed by atoms with Gasteiger partial charge in [0.1, 0.15) is 11.5 Å². The van der Waals surface area contributed by atoms with Crippen molar-refractivity contribution in [2.45, 2.75) is 13.8 Å². The third kappa shape index (κ3) is 2.88. The molecule has 0 radical (unpaired) electrons. The number of benzene rings is 1. The summed E-state index contributed by atoms with van der Waals surface area (Å²) in [5.74, 6) is 0.628. The first kappa shape index (κ1) is 13.9. The fourth-order valence-electron chi connectivity index (χ4n) is 1.99. The zero-order chi connectivity index (χ0) is 14.7. The third-order valence-electron chi connectivity index (χ3n) is 2.89. The van der Waals surface area contributed by atoms with E-state index in [0.717, 1.165) is 0 Å². The number of carbonyl (C=O) groups is 1. The quantitative estimate of drug-likeness (QED) is 0.933. The molecule has 0 aliphatic rings. The van der Waals surface area contributed by atoms with Crippen molar-refractivity contribution in [3.63, 3.8) is 0 Å². The molecule has 0 bridgehead atoms. The number of methoxy groups -OCH3 is 1. The normalized spacial score (nSPS) is 10.2. The molecule has 20 heavy (non-hydrogen) atoms. The second-order valence-corrected chi connectivity index (χ2v) is 4.37. The number of aryl methyl sites for hydroxylation is 2. The third-order valence-corrected chi connectivity index (χ3v) is 2.89. The summed E-state index contributed by atoms with van der Waals surface area (Å²) in [6.07, 6.45) is 0. The van der Waals surface area contributed by atoms with Gasteiger partial charge in [-0.05, 0) is 31.5 Å². The van der Waals surface area contributed by atoms with Crippen LogP contribution in [0.2, 0.25) is 0 Å². The van der Waals surface area contributed by atoms with Crippen molar-refractivity contribution < 1.29 is 13.9 Å². The Kier molecular flexibility index (Phi) is 3.89. The number of rotatable bonds is 3. The van der Waals surface area contributed by atoms with Gasteiger partial charge in [-0.15, -0.1) is 0 Å². The molecule has 0 aliphatic carbocycles. The first-order valence-electron chi connectivity index (χ1n) is 6.08. The molecule has 5 heteroatoms. The minimum absolute atomic E-state index is 0.301. The maximum absolute atomic E-state index is 12.3. The van der Waals surface area contributed by atoms with Crippen LogP contribution in [0.4, 0.5) is 5.69 Å². The Labute approximate surface area is 116 Å². The van der Waals surface area contributed by atoms with E-state index < -0.39 is 5.63 Å². The zero-order valence-electron chi connectivity index (χ0n) is 11.5. The van der Waals surface area contributed by atoms with Crippen LogP contribution in [0.5, 0.6) is 5.75 Å². The summed E-state index contributed by atoms with van der Waals surface area (Å²) >= 11 is 0. The highest BCUT2D eigenvalue weighted by molar-refractivity contribution is 6.05. The van der Waals surface area contributed by atoms with Crippen LogP contribution in [0.25, 0.3) is 0 Å². The second-order valence-electron chi connectivity index (χ2n) is 4.37. The van der Waals surface area contributed by atoms with E-state index in [1.165, 1.54) is 6.07 Å². The lowest BCUT2D eigenvalue weighted by Crippen LogP contribution is -2.17. The molecule has 1 aromatic heterocycles. The molecular formula is C15H15NO4. The van der Waals surface area contributed by atoms with Crippen molar-refractivity contribution in [1.82, 2.24) is 0 Å². The van der Waals surface area contributed by atoms with Gasteiger partial charge < -0.3 is 14.5 Å². The second kappa shape index (κ2) is 5.61. The van der Waals surface area contributed by atoms with Crippen molar-refractivity contribution in [3.05, 3.63) is 57.6 Å². The van der Waals surface area contributed by atoms with E-state index in [-0.39, 0.29) is 5.91 Å². The van der Waals surface area contributed by atoms with Gasteiger partial charge in [-0.25, -0.2) is 4.79 Å². The standard InChI is InChI=1S/C15H15NO4/c1-9-7-13(17)20-10(2)14(9)15(18)16-11-5-4-6-12(8-11)19-3/h4-8H,1-3H3,(H,16,18). The SMILES string of the molecule is COc1cccc(NC(=O)c2c(C)cc(=O)oc2C)c1. The lowest BCUT2D eigenvalue weighted by molar-refractivity contribution is 0.102. The van der Waals surface area contributed by atoms with Crippen LogP contribution in [-0.2, 0) is 0 Å². The molecule has 5 nitrogen and oxygen atoms in total. The van der Waals surface area contributed by atoms with E-state index >= 15 is 0 Å². The van der Waals surface area contributed by atoms with Gasteiger partial charge in [-0.2, -0.15) is 0 Å². The number of nitrogens with one attached hydrogen (secondary N) is 1. The molecule has 0 unspecified atom stereocenters. The molecule has 0 atom stereocenters. The summed E-state index contributed by atoms with van der Waals surface area (Å²) in [6.45, 7) is 3.29. The van der Waals surface area contributed by atoms with Gasteiger partial charge in [-0.3, -0.25) is 4.79 Å². The molecule has 0 aliphatic heterocycles. The summed E-state index contributed by atoms with van der Waals surface area (Å²) < 4.78 is 10.0. The smallest absolute Gasteiger partial charge is 0.336 e. The van der Waals surface area contributed by atoms with Gasteiger partial charge in [0.25, 0.3) is 5.91 Å². The first-order chi connectivity index (χ1) is 9.51. The van der Waals surface area contributed by atoms with Gasteiger partial charge >= 0.3 is 5.63 Å². The van der Waals surface area contributed by atoms with Crippen LogP contribution in [0.15, 0.2) is 39.5 Å². The number of hydrogen-bond donors (Lipinski definition) is 1. The summed E-state index contributed by atoms with van der Waals surface area (Å²) in [5.41, 5.74) is 1.10. The Morgan fingerprint density at radius 1 is 1.25 bits per heavy atom. The first-order valence-corrected chi connectivity index (χ1v) is 6.08. The summed E-state index contributed by atoms with van der Waals surface area (Å²) in [5, 5.41) is 2.75.